The van der Waals surface area contributed by atoms with Gasteiger partial charge < -0.3 is 30.1 Å². The summed E-state index contributed by atoms with van der Waals surface area (Å²) in [4.78, 5) is 23.6. The van der Waals surface area contributed by atoms with Crippen molar-refractivity contribution < 1.29 is 8.83 Å². The van der Waals surface area contributed by atoms with Gasteiger partial charge in [-0.25, -0.2) is 14.9 Å². The van der Waals surface area contributed by atoms with Crippen LogP contribution in [0.3, 0.4) is 0 Å². The fourth-order valence-corrected chi connectivity index (χ4v) is 8.04. The second-order valence-electron chi connectivity index (χ2n) is 14.6. The zero-order chi connectivity index (χ0) is 35.9. The molecule has 53 heavy (non-hydrogen) atoms. The standard InChI is InChI=1S/C42H45N9O2/c1-26-12-18-38(52-26)44-34-22-29(28-10-6-3-4-7-11-28)14-16-32(34)36-24-31-25-37(47-42-49-40(43)48-41(46-36)51(31)42)33-17-15-30(50-20-8-5-9-21-50)23-35(33)45-39-19-13-27(2)53-39/h12-19,22-25,28,44-45H,3-11,20-21H2,1-2H3,(H2,43,46,47,48,49). The van der Waals surface area contributed by atoms with E-state index in [2.05, 4.69) is 74.1 Å². The molecule has 4 aliphatic heterocycles. The number of aryl methyl sites for hydroxylation is 2. The molecule has 1 saturated carbocycles. The fourth-order valence-electron chi connectivity index (χ4n) is 8.04. The number of aliphatic imine (C=N–C) groups is 4. The smallest absolute Gasteiger partial charge is 0.240 e. The topological polar surface area (TPSA) is 132 Å². The van der Waals surface area contributed by atoms with Gasteiger partial charge in [0.25, 0.3) is 0 Å². The zero-order valence-corrected chi connectivity index (χ0v) is 30.4. The summed E-state index contributed by atoms with van der Waals surface area (Å²) in [6.07, 6.45) is 15.4. The normalized spacial score (nSPS) is 18.9. The van der Waals surface area contributed by atoms with Crippen molar-refractivity contribution in [2.45, 2.75) is 77.6 Å². The largest absolute Gasteiger partial charge is 0.446 e. The summed E-state index contributed by atoms with van der Waals surface area (Å²) in [7, 11) is 0. The minimum Gasteiger partial charge on any atom is -0.446 e. The molecule has 11 heteroatoms. The highest BCUT2D eigenvalue weighted by Gasteiger charge is 2.33. The van der Waals surface area contributed by atoms with Crippen molar-refractivity contribution in [3.63, 3.8) is 0 Å². The van der Waals surface area contributed by atoms with Crippen molar-refractivity contribution >= 4 is 58.1 Å². The highest BCUT2D eigenvalue weighted by atomic mass is 16.4. The minimum absolute atomic E-state index is 0.110. The zero-order valence-electron chi connectivity index (χ0n) is 30.4. The molecule has 0 bridgehead atoms. The third-order valence-electron chi connectivity index (χ3n) is 10.7. The molecule has 2 aromatic heterocycles. The number of rotatable bonds is 8. The van der Waals surface area contributed by atoms with Crippen molar-refractivity contribution in [3.8, 4) is 0 Å². The van der Waals surface area contributed by atoms with E-state index in [1.54, 1.807) is 0 Å². The lowest BCUT2D eigenvalue weighted by Crippen LogP contribution is -2.43. The van der Waals surface area contributed by atoms with Crippen LogP contribution in [0.5, 0.6) is 0 Å². The van der Waals surface area contributed by atoms with Gasteiger partial charge in [0, 0.05) is 42.0 Å². The molecule has 2 fully saturated rings. The number of guanidine groups is 3. The minimum atomic E-state index is 0.110. The molecule has 0 atom stereocenters. The number of hydrogen-bond donors (Lipinski definition) is 3. The van der Waals surface area contributed by atoms with Crippen LogP contribution < -0.4 is 21.3 Å². The van der Waals surface area contributed by atoms with Crippen LogP contribution in [0.2, 0.25) is 0 Å². The van der Waals surface area contributed by atoms with Crippen molar-refractivity contribution in [1.82, 2.24) is 4.90 Å². The number of allylic oxidation sites excluding steroid dienone is 2. The summed E-state index contributed by atoms with van der Waals surface area (Å²) in [6, 6.07) is 21.1. The van der Waals surface area contributed by atoms with E-state index in [1.807, 2.05) is 43.0 Å². The Kier molecular flexibility index (Phi) is 8.69. The van der Waals surface area contributed by atoms with Crippen molar-refractivity contribution in [1.29, 1.82) is 0 Å². The van der Waals surface area contributed by atoms with Crippen LogP contribution in [0, 0.1) is 13.8 Å². The van der Waals surface area contributed by atoms with Gasteiger partial charge in [-0.15, -0.1) is 0 Å². The predicted molar refractivity (Wildman–Crippen MR) is 214 cm³/mol. The van der Waals surface area contributed by atoms with Crippen molar-refractivity contribution in [2.75, 3.05) is 28.6 Å². The summed E-state index contributed by atoms with van der Waals surface area (Å²) >= 11 is 0. The van der Waals surface area contributed by atoms with E-state index in [1.165, 1.54) is 69.0 Å². The van der Waals surface area contributed by atoms with Gasteiger partial charge >= 0.3 is 0 Å². The summed E-state index contributed by atoms with van der Waals surface area (Å²) < 4.78 is 12.0. The fraction of sp³-hybridized carbons (Fsp3) is 0.333. The first-order valence-electron chi connectivity index (χ1n) is 19.0. The Labute approximate surface area is 309 Å². The number of piperidine rings is 1. The molecular formula is C42H45N9O2. The molecule has 0 spiro atoms. The van der Waals surface area contributed by atoms with Crippen LogP contribution in [0.1, 0.15) is 91.9 Å². The average molecular weight is 708 g/mol. The van der Waals surface area contributed by atoms with Gasteiger partial charge in [-0.05, 0) is 106 Å². The van der Waals surface area contributed by atoms with Gasteiger partial charge in [0.1, 0.15) is 11.5 Å². The number of nitrogens with two attached hydrogens (primary N) is 1. The number of furan rings is 2. The maximum Gasteiger partial charge on any atom is 0.240 e. The second kappa shape index (κ2) is 13.9. The summed E-state index contributed by atoms with van der Waals surface area (Å²) in [5.41, 5.74) is 14.9. The Morgan fingerprint density at radius 1 is 0.660 bits per heavy atom. The van der Waals surface area contributed by atoms with Crippen LogP contribution >= 0.6 is 0 Å². The molecule has 4 aromatic rings. The van der Waals surface area contributed by atoms with Gasteiger partial charge in [0.05, 0.1) is 28.5 Å². The third kappa shape index (κ3) is 6.79. The Morgan fingerprint density at radius 2 is 1.32 bits per heavy atom. The van der Waals surface area contributed by atoms with E-state index in [9.17, 15) is 0 Å². The molecule has 9 rings (SSSR count). The maximum atomic E-state index is 6.32. The van der Waals surface area contributed by atoms with E-state index in [-0.39, 0.29) is 5.96 Å². The SMILES string of the molecule is Cc1ccc(Nc2cc(C3CCCCCC3)ccc2C2=CC3=CC(c4ccc(N5CCCCC5)cc4Nc4ccc(C)o4)=NC4=NC(N)=NC(=N2)N34)o1. The molecule has 0 unspecified atom stereocenters. The Hall–Kier alpha value is -5.84. The second-order valence-corrected chi connectivity index (χ2v) is 14.6. The first kappa shape index (κ1) is 33.0. The molecule has 5 aliphatic rings. The molecule has 11 nitrogen and oxygen atoms in total. The number of anilines is 5. The summed E-state index contributed by atoms with van der Waals surface area (Å²) in [5, 5.41) is 7.13. The van der Waals surface area contributed by atoms with Gasteiger partial charge in [-0.1, -0.05) is 37.8 Å². The first-order chi connectivity index (χ1) is 25.9. The van der Waals surface area contributed by atoms with Crippen LogP contribution in [-0.2, 0) is 0 Å². The van der Waals surface area contributed by atoms with Crippen LogP contribution in [0.25, 0.3) is 5.70 Å². The lowest BCUT2D eigenvalue weighted by atomic mass is 9.90. The molecule has 4 N–H and O–H groups in total. The molecule has 0 amide bonds. The summed E-state index contributed by atoms with van der Waals surface area (Å²) in [5.74, 6) is 4.54. The predicted octanol–water partition coefficient (Wildman–Crippen LogP) is 9.49. The maximum absolute atomic E-state index is 6.32. The molecular weight excluding hydrogens is 663 g/mol. The molecule has 270 valence electrons. The van der Waals surface area contributed by atoms with Crippen molar-refractivity contribution in [3.05, 3.63) is 107 Å². The third-order valence-corrected chi connectivity index (χ3v) is 10.7. The lowest BCUT2D eigenvalue weighted by Gasteiger charge is -2.33. The van der Waals surface area contributed by atoms with E-state index in [0.29, 0.717) is 29.6 Å². The van der Waals surface area contributed by atoms with E-state index < -0.39 is 0 Å². The molecule has 1 aliphatic carbocycles. The number of nitrogens with one attached hydrogen (secondary N) is 2. The number of benzene rings is 2. The quantitative estimate of drug-likeness (QED) is 0.155. The molecule has 6 heterocycles. The lowest BCUT2D eigenvalue weighted by molar-refractivity contribution is 0.550. The Balaban J connectivity index is 1.13. The monoisotopic (exact) mass is 707 g/mol. The average Bonchev–Trinajstić information content (AvgIpc) is 3.66. The Morgan fingerprint density at radius 3 is 2.02 bits per heavy atom. The van der Waals surface area contributed by atoms with E-state index in [0.717, 1.165) is 64.2 Å². The highest BCUT2D eigenvalue weighted by Crippen LogP contribution is 2.40. The van der Waals surface area contributed by atoms with Gasteiger partial charge in [0.15, 0.2) is 11.8 Å². The van der Waals surface area contributed by atoms with Crippen LogP contribution in [0.4, 0.5) is 28.8 Å². The number of nitrogens with zero attached hydrogens (tertiary/aromatic N) is 6. The number of hydrogen-bond acceptors (Lipinski definition) is 11. The van der Waals surface area contributed by atoms with E-state index in [4.69, 9.17) is 24.6 Å². The van der Waals surface area contributed by atoms with Gasteiger partial charge in [-0.2, -0.15) is 9.98 Å². The molecule has 1 saturated heterocycles. The van der Waals surface area contributed by atoms with Crippen LogP contribution in [0.15, 0.2) is 107 Å². The molecule has 0 radical (unpaired) electrons. The van der Waals surface area contributed by atoms with Gasteiger partial charge in [-0.3, -0.25) is 0 Å². The van der Waals surface area contributed by atoms with Crippen LogP contribution in [-0.4, -0.2) is 41.6 Å². The van der Waals surface area contributed by atoms with Gasteiger partial charge in [0.2, 0.25) is 17.9 Å². The summed E-state index contributed by atoms with van der Waals surface area (Å²) in [6.45, 7) is 5.99. The van der Waals surface area contributed by atoms with E-state index >= 15 is 0 Å². The Bertz CT molecular complexity index is 2240. The highest BCUT2D eigenvalue weighted by molar-refractivity contribution is 6.25. The van der Waals surface area contributed by atoms with Crippen molar-refractivity contribution in [2.24, 2.45) is 25.7 Å². The first-order valence-corrected chi connectivity index (χ1v) is 19.0. The molecule has 2 aromatic carbocycles.